The molecule has 0 saturated carbocycles. The van der Waals surface area contributed by atoms with E-state index in [9.17, 15) is 18.0 Å². The molecular weight excluding hydrogens is 319 g/mol. The van der Waals surface area contributed by atoms with Crippen LogP contribution >= 0.6 is 0 Å². The Hall–Kier alpha value is -1.60. The van der Waals surface area contributed by atoms with E-state index in [4.69, 9.17) is 0 Å². The van der Waals surface area contributed by atoms with Crippen molar-refractivity contribution < 1.29 is 18.0 Å². The molecule has 4 nitrogen and oxygen atoms in total. The van der Waals surface area contributed by atoms with E-state index >= 15 is 0 Å². The van der Waals surface area contributed by atoms with Gasteiger partial charge in [0.1, 0.15) is 0 Å². The average molecular weight is 343 g/mol. The van der Waals surface area contributed by atoms with Crippen molar-refractivity contribution in [3.05, 3.63) is 35.4 Å². The number of nitrogens with one attached hydrogen (secondary N) is 1. The Morgan fingerprint density at radius 2 is 1.75 bits per heavy atom. The van der Waals surface area contributed by atoms with E-state index in [0.29, 0.717) is 12.1 Å². The average Bonchev–Trinajstić information content (AvgIpc) is 2.53. The van der Waals surface area contributed by atoms with Crippen molar-refractivity contribution in [2.45, 2.75) is 19.0 Å². The summed E-state index contributed by atoms with van der Waals surface area (Å²) in [6.07, 6.45) is -3.36. The largest absolute Gasteiger partial charge is 0.416 e. The number of carbonyl (C=O) groups is 1. The first kappa shape index (κ1) is 18.7. The second kappa shape index (κ2) is 8.48. The standard InChI is InChI=1S/C17H24F3N3O/c1-22-9-11-23(12-10-22)8-2-7-21-16(24)13-14-3-5-15(6-4-14)17(18,19)20/h3-6H,2,7-13H2,1H3,(H,21,24). The van der Waals surface area contributed by atoms with Crippen LogP contribution in [0.5, 0.6) is 0 Å². The smallest absolute Gasteiger partial charge is 0.356 e. The summed E-state index contributed by atoms with van der Waals surface area (Å²) in [6.45, 7) is 5.78. The summed E-state index contributed by atoms with van der Waals surface area (Å²) in [6, 6.07) is 4.73. The number of piperazine rings is 1. The summed E-state index contributed by atoms with van der Waals surface area (Å²) in [7, 11) is 2.11. The van der Waals surface area contributed by atoms with Gasteiger partial charge in [-0.2, -0.15) is 13.2 Å². The van der Waals surface area contributed by atoms with Gasteiger partial charge < -0.3 is 15.1 Å². The van der Waals surface area contributed by atoms with Gasteiger partial charge in [-0.3, -0.25) is 4.79 Å². The number of carbonyl (C=O) groups excluding carboxylic acids is 1. The molecule has 0 aliphatic carbocycles. The lowest BCUT2D eigenvalue weighted by atomic mass is 10.1. The highest BCUT2D eigenvalue weighted by Gasteiger charge is 2.29. The molecule has 1 heterocycles. The van der Waals surface area contributed by atoms with E-state index in [-0.39, 0.29) is 12.3 Å². The maximum absolute atomic E-state index is 12.5. The van der Waals surface area contributed by atoms with Gasteiger partial charge in [0.15, 0.2) is 0 Å². The number of rotatable bonds is 6. The molecule has 0 spiro atoms. The van der Waals surface area contributed by atoms with Gasteiger partial charge in [0, 0.05) is 32.7 Å². The number of likely N-dealkylation sites (N-methyl/N-ethyl adjacent to an activating group) is 1. The fourth-order valence-corrected chi connectivity index (χ4v) is 2.66. The van der Waals surface area contributed by atoms with Crippen LogP contribution in [0, 0.1) is 0 Å². The van der Waals surface area contributed by atoms with Crippen LogP contribution in [0.15, 0.2) is 24.3 Å². The van der Waals surface area contributed by atoms with E-state index in [1.54, 1.807) is 0 Å². The van der Waals surface area contributed by atoms with Crippen molar-refractivity contribution in [3.63, 3.8) is 0 Å². The van der Waals surface area contributed by atoms with Gasteiger partial charge in [-0.1, -0.05) is 12.1 Å². The number of alkyl halides is 3. The summed E-state index contributed by atoms with van der Waals surface area (Å²) in [5, 5.41) is 2.83. The first-order valence-corrected chi connectivity index (χ1v) is 8.18. The summed E-state index contributed by atoms with van der Waals surface area (Å²) >= 11 is 0. The molecule has 1 aliphatic heterocycles. The molecule has 1 N–H and O–H groups in total. The first-order chi connectivity index (χ1) is 11.3. The van der Waals surface area contributed by atoms with Gasteiger partial charge in [-0.05, 0) is 37.7 Å². The molecule has 1 saturated heterocycles. The minimum atomic E-state index is -4.34. The third-order valence-electron chi connectivity index (χ3n) is 4.22. The van der Waals surface area contributed by atoms with Crippen LogP contribution in [-0.4, -0.2) is 62.0 Å². The van der Waals surface area contributed by atoms with Gasteiger partial charge in [0.25, 0.3) is 0 Å². The molecule has 134 valence electrons. The minimum Gasteiger partial charge on any atom is -0.356 e. The molecule has 0 radical (unpaired) electrons. The minimum absolute atomic E-state index is 0.104. The van der Waals surface area contributed by atoms with Crippen molar-refractivity contribution in [2.75, 3.05) is 46.3 Å². The Labute approximate surface area is 140 Å². The number of hydrogen-bond acceptors (Lipinski definition) is 3. The molecule has 1 aliphatic rings. The summed E-state index contributed by atoms with van der Waals surface area (Å²) in [4.78, 5) is 16.5. The Kier molecular flexibility index (Phi) is 6.62. The maximum atomic E-state index is 12.5. The van der Waals surface area contributed by atoms with Crippen molar-refractivity contribution in [1.82, 2.24) is 15.1 Å². The molecule has 0 aromatic heterocycles. The van der Waals surface area contributed by atoms with Crippen molar-refractivity contribution in [3.8, 4) is 0 Å². The van der Waals surface area contributed by atoms with Crippen molar-refractivity contribution in [2.24, 2.45) is 0 Å². The Bertz CT molecular complexity index is 523. The van der Waals surface area contributed by atoms with Gasteiger partial charge in [0.2, 0.25) is 5.91 Å². The molecule has 1 aromatic carbocycles. The third kappa shape index (κ3) is 6.13. The van der Waals surface area contributed by atoms with E-state index in [1.165, 1.54) is 12.1 Å². The van der Waals surface area contributed by atoms with E-state index in [1.807, 2.05) is 0 Å². The number of hydrogen-bond donors (Lipinski definition) is 1. The lowest BCUT2D eigenvalue weighted by Gasteiger charge is -2.32. The molecule has 24 heavy (non-hydrogen) atoms. The van der Waals surface area contributed by atoms with E-state index in [0.717, 1.165) is 51.3 Å². The predicted molar refractivity (Wildman–Crippen MR) is 86.7 cm³/mol. The fraction of sp³-hybridized carbons (Fsp3) is 0.588. The Morgan fingerprint density at radius 1 is 1.12 bits per heavy atom. The van der Waals surface area contributed by atoms with Gasteiger partial charge in [-0.25, -0.2) is 0 Å². The molecule has 0 bridgehead atoms. The van der Waals surface area contributed by atoms with Crippen LogP contribution in [0.3, 0.4) is 0 Å². The summed E-state index contributed by atoms with van der Waals surface area (Å²) in [5.74, 6) is -0.159. The molecular formula is C17H24F3N3O. The molecule has 0 unspecified atom stereocenters. The number of halogens is 3. The normalized spacial score (nSPS) is 17.0. The first-order valence-electron chi connectivity index (χ1n) is 8.18. The number of nitrogens with zero attached hydrogens (tertiary/aromatic N) is 2. The zero-order valence-electron chi connectivity index (χ0n) is 13.9. The van der Waals surface area contributed by atoms with Gasteiger partial charge in [-0.15, -0.1) is 0 Å². The highest BCUT2D eigenvalue weighted by molar-refractivity contribution is 5.78. The quantitative estimate of drug-likeness (QED) is 0.803. The van der Waals surface area contributed by atoms with Crippen LogP contribution in [0.2, 0.25) is 0 Å². The van der Waals surface area contributed by atoms with Crippen molar-refractivity contribution >= 4 is 5.91 Å². The van der Waals surface area contributed by atoms with E-state index < -0.39 is 11.7 Å². The third-order valence-corrected chi connectivity index (χ3v) is 4.22. The van der Waals surface area contributed by atoms with E-state index in [2.05, 4.69) is 22.2 Å². The molecule has 0 atom stereocenters. The maximum Gasteiger partial charge on any atom is 0.416 e. The fourth-order valence-electron chi connectivity index (χ4n) is 2.66. The summed E-state index contributed by atoms with van der Waals surface area (Å²) in [5.41, 5.74) is -0.113. The zero-order chi connectivity index (χ0) is 17.6. The topological polar surface area (TPSA) is 35.6 Å². The second-order valence-corrected chi connectivity index (χ2v) is 6.22. The van der Waals surface area contributed by atoms with Crippen LogP contribution in [-0.2, 0) is 17.4 Å². The number of benzene rings is 1. The Morgan fingerprint density at radius 3 is 2.33 bits per heavy atom. The highest BCUT2D eigenvalue weighted by Crippen LogP contribution is 2.29. The molecule has 1 fully saturated rings. The molecule has 2 rings (SSSR count). The molecule has 7 heteroatoms. The van der Waals surface area contributed by atoms with Crippen LogP contribution in [0.25, 0.3) is 0 Å². The van der Waals surface area contributed by atoms with Gasteiger partial charge in [0.05, 0.1) is 12.0 Å². The zero-order valence-corrected chi connectivity index (χ0v) is 13.9. The van der Waals surface area contributed by atoms with Crippen LogP contribution in [0.1, 0.15) is 17.5 Å². The van der Waals surface area contributed by atoms with Crippen molar-refractivity contribution in [1.29, 1.82) is 0 Å². The Balaban J connectivity index is 1.64. The number of amides is 1. The monoisotopic (exact) mass is 343 g/mol. The molecule has 1 aromatic rings. The lowest BCUT2D eigenvalue weighted by Crippen LogP contribution is -2.45. The van der Waals surface area contributed by atoms with Crippen LogP contribution < -0.4 is 5.32 Å². The lowest BCUT2D eigenvalue weighted by molar-refractivity contribution is -0.137. The predicted octanol–water partition coefficient (Wildman–Crippen LogP) is 2.00. The van der Waals surface area contributed by atoms with Gasteiger partial charge >= 0.3 is 6.18 Å². The van der Waals surface area contributed by atoms with Crippen LogP contribution in [0.4, 0.5) is 13.2 Å². The highest BCUT2D eigenvalue weighted by atomic mass is 19.4. The molecule has 1 amide bonds. The SMILES string of the molecule is CN1CCN(CCCNC(=O)Cc2ccc(C(F)(F)F)cc2)CC1. The second-order valence-electron chi connectivity index (χ2n) is 6.22. The summed E-state index contributed by atoms with van der Waals surface area (Å²) < 4.78 is 37.4.